The van der Waals surface area contributed by atoms with Crippen LogP contribution in [0.1, 0.15) is 24.1 Å². The van der Waals surface area contributed by atoms with E-state index in [9.17, 15) is 9.59 Å². The molecule has 1 aliphatic heterocycles. The topological polar surface area (TPSA) is 79.1 Å². The van der Waals surface area contributed by atoms with Crippen LogP contribution in [0.3, 0.4) is 0 Å². The molecule has 1 atom stereocenters. The maximum atomic E-state index is 13.6. The van der Waals surface area contributed by atoms with Gasteiger partial charge in [-0.1, -0.05) is 60.4 Å². The summed E-state index contributed by atoms with van der Waals surface area (Å²) in [7, 11) is 3.08. The van der Waals surface area contributed by atoms with Gasteiger partial charge in [0.05, 0.1) is 36.1 Å². The summed E-state index contributed by atoms with van der Waals surface area (Å²) in [6.45, 7) is 5.40. The number of aromatic nitrogens is 1. The van der Waals surface area contributed by atoms with Crippen molar-refractivity contribution >= 4 is 23.4 Å². The Balaban J connectivity index is 1.96. The van der Waals surface area contributed by atoms with Crippen LogP contribution in [0.15, 0.2) is 82.2 Å². The summed E-state index contributed by atoms with van der Waals surface area (Å²) >= 11 is 1.28. The minimum atomic E-state index is -0.744. The molecule has 0 saturated heterocycles. The third-order valence-corrected chi connectivity index (χ3v) is 6.38. The fourth-order valence-electron chi connectivity index (χ4n) is 3.83. The van der Waals surface area contributed by atoms with E-state index in [2.05, 4.69) is 11.6 Å². The second-order valence-corrected chi connectivity index (χ2v) is 8.50. The number of carbonyl (C=O) groups is 1. The van der Waals surface area contributed by atoms with E-state index in [1.165, 1.54) is 29.1 Å². The predicted octanol–water partition coefficient (Wildman–Crippen LogP) is 2.98. The number of benzene rings is 2. The van der Waals surface area contributed by atoms with E-state index < -0.39 is 12.0 Å². The molecule has 0 N–H and O–H groups in total. The summed E-state index contributed by atoms with van der Waals surface area (Å²) in [4.78, 5) is 31.8. The van der Waals surface area contributed by atoms with Crippen LogP contribution in [-0.2, 0) is 9.53 Å². The fraction of sp³-hybridized carbons (Fsp3) is 0.192. The fourth-order valence-corrected chi connectivity index (χ4v) is 4.88. The zero-order valence-corrected chi connectivity index (χ0v) is 19.9. The lowest BCUT2D eigenvalue weighted by Gasteiger charge is -2.25. The number of fused-ring (bicyclic) bond motifs is 1. The summed E-state index contributed by atoms with van der Waals surface area (Å²) in [6.07, 6.45) is 3.32. The summed E-state index contributed by atoms with van der Waals surface area (Å²) in [5.41, 5.74) is 2.10. The van der Waals surface area contributed by atoms with E-state index in [1.807, 2.05) is 36.4 Å². The molecule has 7 nitrogen and oxygen atoms in total. The molecule has 34 heavy (non-hydrogen) atoms. The first kappa shape index (κ1) is 23.3. The highest BCUT2D eigenvalue weighted by Crippen LogP contribution is 2.36. The molecule has 174 valence electrons. The van der Waals surface area contributed by atoms with Crippen molar-refractivity contribution in [3.63, 3.8) is 0 Å². The van der Waals surface area contributed by atoms with Gasteiger partial charge in [-0.05, 0) is 36.3 Å². The largest absolute Gasteiger partial charge is 0.493 e. The molecule has 0 saturated carbocycles. The van der Waals surface area contributed by atoms with Gasteiger partial charge in [0.2, 0.25) is 0 Å². The maximum Gasteiger partial charge on any atom is 0.338 e. The molecule has 4 rings (SSSR count). The summed E-state index contributed by atoms with van der Waals surface area (Å²) < 4.78 is 18.3. The number of esters is 1. The van der Waals surface area contributed by atoms with Gasteiger partial charge in [-0.2, -0.15) is 0 Å². The number of hydrogen-bond donors (Lipinski definition) is 0. The quantitative estimate of drug-likeness (QED) is 0.387. The lowest BCUT2D eigenvalue weighted by molar-refractivity contribution is -0.138. The van der Waals surface area contributed by atoms with Crippen LogP contribution in [0.4, 0.5) is 0 Å². The highest BCUT2D eigenvalue weighted by atomic mass is 32.1. The molecule has 0 spiro atoms. The summed E-state index contributed by atoms with van der Waals surface area (Å²) in [6, 6.07) is 14.2. The van der Waals surface area contributed by atoms with Gasteiger partial charge in [-0.3, -0.25) is 9.36 Å². The van der Waals surface area contributed by atoms with E-state index >= 15 is 0 Å². The molecule has 8 heteroatoms. The lowest BCUT2D eigenvalue weighted by atomic mass is 9.95. The van der Waals surface area contributed by atoms with Crippen molar-refractivity contribution in [3.8, 4) is 11.5 Å². The lowest BCUT2D eigenvalue weighted by Crippen LogP contribution is -2.40. The Morgan fingerprint density at radius 2 is 1.88 bits per heavy atom. The molecule has 0 unspecified atom stereocenters. The van der Waals surface area contributed by atoms with Crippen LogP contribution < -0.4 is 24.4 Å². The first-order valence-corrected chi connectivity index (χ1v) is 11.4. The van der Waals surface area contributed by atoms with Gasteiger partial charge in [0, 0.05) is 0 Å². The Morgan fingerprint density at radius 1 is 1.15 bits per heavy atom. The number of methoxy groups -OCH3 is 2. The van der Waals surface area contributed by atoms with Crippen LogP contribution >= 0.6 is 11.3 Å². The van der Waals surface area contributed by atoms with Crippen LogP contribution in [0, 0.1) is 0 Å². The van der Waals surface area contributed by atoms with E-state index in [-0.39, 0.29) is 17.7 Å². The standard InChI is InChI=1S/C26H24N2O5S/c1-5-13-33-25(30)22-16(2)27-26-28(23(22)18-11-12-19(31-3)20(15-18)32-4)24(29)21(34-26)14-17-9-7-6-8-10-17/h5-12,14-15,23H,1,13H2,2-4H3/b21-14-/t23-/m0/s1. The number of ether oxygens (including phenoxy) is 3. The first-order chi connectivity index (χ1) is 16.5. The van der Waals surface area contributed by atoms with Crippen molar-refractivity contribution in [1.82, 2.24) is 4.57 Å². The van der Waals surface area contributed by atoms with E-state index in [0.717, 1.165) is 5.56 Å². The van der Waals surface area contributed by atoms with Crippen molar-refractivity contribution < 1.29 is 19.0 Å². The van der Waals surface area contributed by atoms with Gasteiger partial charge in [0.1, 0.15) is 6.61 Å². The molecule has 0 aliphatic carbocycles. The van der Waals surface area contributed by atoms with Gasteiger partial charge in [0.15, 0.2) is 16.3 Å². The predicted molar refractivity (Wildman–Crippen MR) is 131 cm³/mol. The van der Waals surface area contributed by atoms with Crippen LogP contribution in [0.25, 0.3) is 6.08 Å². The number of thiazole rings is 1. The molecule has 1 aromatic heterocycles. The number of carbonyl (C=O) groups excluding carboxylic acids is 1. The van der Waals surface area contributed by atoms with Gasteiger partial charge < -0.3 is 14.2 Å². The minimum Gasteiger partial charge on any atom is -0.493 e. The van der Waals surface area contributed by atoms with Crippen molar-refractivity contribution in [3.05, 3.63) is 103 Å². The molecule has 0 fully saturated rings. The molecule has 0 radical (unpaired) electrons. The van der Waals surface area contributed by atoms with E-state index in [4.69, 9.17) is 14.2 Å². The van der Waals surface area contributed by atoms with Gasteiger partial charge in [-0.15, -0.1) is 0 Å². The zero-order chi connectivity index (χ0) is 24.2. The van der Waals surface area contributed by atoms with E-state index in [1.54, 1.807) is 32.2 Å². The highest BCUT2D eigenvalue weighted by molar-refractivity contribution is 7.07. The molecule has 0 amide bonds. The van der Waals surface area contributed by atoms with Gasteiger partial charge in [-0.25, -0.2) is 9.79 Å². The SMILES string of the molecule is C=CCOC(=O)C1=C(C)N=c2s/c(=C\c3ccccc3)c(=O)n2[C@H]1c1ccc(OC)c(OC)c1. The Bertz CT molecular complexity index is 1450. The number of allylic oxidation sites excluding steroid dienone is 1. The number of hydrogen-bond acceptors (Lipinski definition) is 7. The van der Waals surface area contributed by atoms with Crippen LogP contribution in [-0.4, -0.2) is 31.4 Å². The third-order valence-electron chi connectivity index (χ3n) is 5.39. The molecular formula is C26H24N2O5S. The maximum absolute atomic E-state index is 13.6. The van der Waals surface area contributed by atoms with Crippen LogP contribution in [0.5, 0.6) is 11.5 Å². The molecule has 2 aromatic carbocycles. The Hall–Kier alpha value is -3.91. The minimum absolute atomic E-state index is 0.0483. The molecule has 2 heterocycles. The normalized spacial score (nSPS) is 15.4. The highest BCUT2D eigenvalue weighted by Gasteiger charge is 2.33. The van der Waals surface area contributed by atoms with Crippen LogP contribution in [0.2, 0.25) is 0 Å². The molecular weight excluding hydrogens is 452 g/mol. The average Bonchev–Trinajstić information content (AvgIpc) is 3.16. The second-order valence-electron chi connectivity index (χ2n) is 7.49. The van der Waals surface area contributed by atoms with Crippen molar-refractivity contribution in [2.45, 2.75) is 13.0 Å². The van der Waals surface area contributed by atoms with Gasteiger partial charge >= 0.3 is 5.97 Å². The Labute approximate surface area is 200 Å². The Kier molecular flexibility index (Phi) is 6.79. The molecule has 1 aliphatic rings. The van der Waals surface area contributed by atoms with Gasteiger partial charge in [0.25, 0.3) is 5.56 Å². The third kappa shape index (κ3) is 4.32. The summed E-state index contributed by atoms with van der Waals surface area (Å²) in [5.74, 6) is 0.470. The zero-order valence-electron chi connectivity index (χ0n) is 19.1. The monoisotopic (exact) mass is 476 g/mol. The smallest absolute Gasteiger partial charge is 0.338 e. The number of nitrogens with zero attached hydrogens (tertiary/aromatic N) is 2. The van der Waals surface area contributed by atoms with Crippen molar-refractivity contribution in [2.75, 3.05) is 20.8 Å². The molecule has 0 bridgehead atoms. The Morgan fingerprint density at radius 3 is 2.56 bits per heavy atom. The molecule has 3 aromatic rings. The van der Waals surface area contributed by atoms with Crippen molar-refractivity contribution in [2.24, 2.45) is 4.99 Å². The average molecular weight is 477 g/mol. The van der Waals surface area contributed by atoms with E-state index in [0.29, 0.717) is 32.1 Å². The number of rotatable bonds is 7. The summed E-state index contributed by atoms with van der Waals surface area (Å²) in [5, 5.41) is 0. The van der Waals surface area contributed by atoms with Crippen molar-refractivity contribution in [1.29, 1.82) is 0 Å². The first-order valence-electron chi connectivity index (χ1n) is 10.6. The second kappa shape index (κ2) is 9.93.